The Bertz CT molecular complexity index is 411. The normalized spacial score (nSPS) is 12.2. The van der Waals surface area contributed by atoms with Crippen LogP contribution in [0.1, 0.15) is 0 Å². The third-order valence-electron chi connectivity index (χ3n) is 2.18. The van der Waals surface area contributed by atoms with Gasteiger partial charge in [0.1, 0.15) is 0 Å². The highest BCUT2D eigenvalue weighted by Gasteiger charge is 2.33. The molecule has 0 aliphatic carbocycles. The second-order valence-electron chi connectivity index (χ2n) is 4.04. The van der Waals surface area contributed by atoms with Crippen LogP contribution in [0.15, 0.2) is 18.2 Å². The number of rotatable bonds is 3. The van der Waals surface area contributed by atoms with Gasteiger partial charge in [-0.15, -0.1) is 0 Å². The molecule has 11 heteroatoms. The van der Waals surface area contributed by atoms with Crippen molar-refractivity contribution in [1.82, 2.24) is 0 Å². The Morgan fingerprint density at radius 3 is 1.42 bits per heavy atom. The van der Waals surface area contributed by atoms with Crippen molar-refractivity contribution in [2.24, 2.45) is 0 Å². The molecular weight excluding hydrogens is 275 g/mol. The topological polar surface area (TPSA) is 40.5 Å². The van der Waals surface area contributed by atoms with Crippen LogP contribution >= 0.6 is 0 Å². The molecule has 1 aromatic carbocycles. The zero-order valence-electron chi connectivity index (χ0n) is 9.39. The lowest BCUT2D eigenvalue weighted by molar-refractivity contribution is -0.0462. The molecule has 1 aromatic rings. The van der Waals surface area contributed by atoms with Crippen LogP contribution in [0.3, 0.4) is 0 Å². The Balaban J connectivity index is 3.11. The van der Waals surface area contributed by atoms with Crippen LogP contribution < -0.4 is 16.4 Å². The average molecular weight is 282 g/mol. The van der Waals surface area contributed by atoms with E-state index in [1.165, 1.54) is 0 Å². The molecule has 0 fully saturated rings. The molecule has 0 aliphatic rings. The highest BCUT2D eigenvalue weighted by molar-refractivity contribution is 6.64. The third-order valence-corrected chi connectivity index (χ3v) is 2.18. The summed E-state index contributed by atoms with van der Waals surface area (Å²) in [5.41, 5.74) is -1.30. The van der Waals surface area contributed by atoms with Crippen molar-refractivity contribution in [3.8, 4) is 0 Å². The molecule has 1 rings (SSSR count). The first-order valence-electron chi connectivity index (χ1n) is 5.09. The third kappa shape index (κ3) is 6.06. The first-order valence-corrected chi connectivity index (χ1v) is 5.09. The maximum atomic E-state index is 12.2. The smallest absolute Gasteiger partial charge is 0.423 e. The van der Waals surface area contributed by atoms with Crippen molar-refractivity contribution in [2.75, 3.05) is 0 Å². The van der Waals surface area contributed by atoms with E-state index in [-0.39, 0.29) is 0 Å². The van der Waals surface area contributed by atoms with Crippen molar-refractivity contribution in [3.63, 3.8) is 0 Å². The summed E-state index contributed by atoms with van der Waals surface area (Å²) in [5.74, 6) is 0. The molecule has 2 nitrogen and oxygen atoms in total. The lowest BCUT2D eigenvalue weighted by Gasteiger charge is -2.11. The van der Waals surface area contributed by atoms with Crippen molar-refractivity contribution < 1.29 is 36.4 Å². The maximum Gasteiger partial charge on any atom is 0.488 e. The van der Waals surface area contributed by atoms with Gasteiger partial charge < -0.3 is 10.0 Å². The summed E-state index contributed by atoms with van der Waals surface area (Å²) in [6.45, 7) is 0. The molecule has 0 spiro atoms. The molecule has 0 aromatic heterocycles. The van der Waals surface area contributed by atoms with Gasteiger partial charge >= 0.3 is 19.3 Å². The van der Waals surface area contributed by atoms with E-state index in [1.807, 2.05) is 0 Å². The molecule has 2 N–H and O–H groups in total. The van der Waals surface area contributed by atoms with Crippen molar-refractivity contribution >= 4 is 38.1 Å². The van der Waals surface area contributed by atoms with Crippen LogP contribution in [0.2, 0.25) is 0 Å². The van der Waals surface area contributed by atoms with Gasteiger partial charge in [0.05, 0.1) is 0 Å². The summed E-state index contributed by atoms with van der Waals surface area (Å²) in [6, 6.07) is 2.39. The number of hydrogen-bond donors (Lipinski definition) is 2. The molecule has 0 saturated heterocycles. The van der Waals surface area contributed by atoms with E-state index in [0.29, 0.717) is 0 Å². The number of hydrogen-bond acceptors (Lipinski definition) is 2. The second kappa shape index (κ2) is 5.50. The van der Waals surface area contributed by atoms with Crippen molar-refractivity contribution in [3.05, 3.63) is 18.2 Å². The van der Waals surface area contributed by atoms with Crippen molar-refractivity contribution in [2.45, 2.75) is 12.2 Å². The van der Waals surface area contributed by atoms with Gasteiger partial charge in [-0.3, -0.25) is 0 Å². The molecule has 0 unspecified atom stereocenters. The van der Waals surface area contributed by atoms with Gasteiger partial charge in [-0.05, 0) is 5.46 Å². The summed E-state index contributed by atoms with van der Waals surface area (Å²) >= 11 is 0. The highest BCUT2D eigenvalue weighted by Crippen LogP contribution is 2.13. The van der Waals surface area contributed by atoms with Crippen molar-refractivity contribution in [1.29, 1.82) is 0 Å². The van der Waals surface area contributed by atoms with Gasteiger partial charge in [-0.1, -0.05) is 29.1 Å². The Kier molecular flexibility index (Phi) is 4.62. The number of halogens is 6. The molecule has 0 aliphatic heterocycles. The van der Waals surface area contributed by atoms with E-state index >= 15 is 0 Å². The minimum atomic E-state index is -4.59. The predicted octanol–water partition coefficient (Wildman–Crippen LogP) is -1.47. The lowest BCUT2D eigenvalue weighted by atomic mass is 9.60. The summed E-state index contributed by atoms with van der Waals surface area (Å²) in [5, 5.41) is 17.7. The van der Waals surface area contributed by atoms with Crippen LogP contribution in [0.4, 0.5) is 26.3 Å². The molecule has 0 heterocycles. The zero-order chi connectivity index (χ0) is 14.8. The molecule has 0 amide bonds. The number of benzene rings is 1. The standard InChI is InChI=1S/C8H7B3F6O2/c12-7(13,14)9-4-1-5(10-8(15,16)17)3-6(2-4)11(18)19/h1-3,9-10,18-19H. The maximum absolute atomic E-state index is 12.2. The Hall–Kier alpha value is -1.09. The quantitative estimate of drug-likeness (QED) is 0.525. The second-order valence-corrected chi connectivity index (χ2v) is 4.04. The predicted molar refractivity (Wildman–Crippen MR) is 61.9 cm³/mol. The molecule has 0 radical (unpaired) electrons. The first kappa shape index (κ1) is 16.0. The van der Waals surface area contributed by atoms with E-state index < -0.39 is 50.2 Å². The first-order chi connectivity index (χ1) is 8.46. The Morgan fingerprint density at radius 2 is 1.16 bits per heavy atom. The van der Waals surface area contributed by atoms with Gasteiger partial charge in [0.25, 0.3) is 14.6 Å². The molecule has 0 atom stereocenters. The monoisotopic (exact) mass is 282 g/mol. The van der Waals surface area contributed by atoms with Gasteiger partial charge in [0.2, 0.25) is 0 Å². The fourth-order valence-electron chi connectivity index (χ4n) is 1.61. The summed E-state index contributed by atoms with van der Waals surface area (Å²) in [6.07, 6.45) is -9.18. The van der Waals surface area contributed by atoms with Crippen LogP contribution in [0.25, 0.3) is 0 Å². The van der Waals surface area contributed by atoms with Crippen LogP contribution in [-0.4, -0.2) is 43.9 Å². The SMILES string of the molecule is OB(O)c1cc(BC(F)(F)F)cc(BC(F)(F)F)c1. The summed E-state index contributed by atoms with van der Waals surface area (Å²) in [7, 11) is -4.99. The molecule has 102 valence electrons. The van der Waals surface area contributed by atoms with Gasteiger partial charge in [0, 0.05) is 0 Å². The van der Waals surface area contributed by atoms with Crippen LogP contribution in [0, 0.1) is 0 Å². The van der Waals surface area contributed by atoms with E-state index in [1.54, 1.807) is 0 Å². The Morgan fingerprint density at radius 1 is 0.789 bits per heavy atom. The summed E-state index contributed by atoms with van der Waals surface area (Å²) < 4.78 is 73.2. The fourth-order valence-corrected chi connectivity index (χ4v) is 1.61. The van der Waals surface area contributed by atoms with Gasteiger partial charge in [-0.2, -0.15) is 26.3 Å². The van der Waals surface area contributed by atoms with Crippen LogP contribution in [-0.2, 0) is 0 Å². The summed E-state index contributed by atoms with van der Waals surface area (Å²) in [4.78, 5) is 0. The van der Waals surface area contributed by atoms with Crippen LogP contribution in [0.5, 0.6) is 0 Å². The van der Waals surface area contributed by atoms with E-state index in [0.717, 1.165) is 18.2 Å². The fraction of sp³-hybridized carbons (Fsp3) is 0.250. The molecular formula is C8H7B3F6O2. The van der Waals surface area contributed by atoms with Gasteiger partial charge in [0.15, 0.2) is 0 Å². The van der Waals surface area contributed by atoms with Gasteiger partial charge in [-0.25, -0.2) is 0 Å². The molecule has 0 saturated carbocycles. The minimum Gasteiger partial charge on any atom is -0.423 e. The lowest BCUT2D eigenvalue weighted by Crippen LogP contribution is -2.43. The average Bonchev–Trinajstić information content (AvgIpc) is 2.10. The molecule has 0 bridgehead atoms. The molecule has 19 heavy (non-hydrogen) atoms. The highest BCUT2D eigenvalue weighted by atomic mass is 19.4. The largest absolute Gasteiger partial charge is 0.488 e. The minimum absolute atomic E-state index is 0.402. The number of alkyl halides is 6. The zero-order valence-corrected chi connectivity index (χ0v) is 9.39. The Labute approximate surface area is 106 Å². The van der Waals surface area contributed by atoms with E-state index in [4.69, 9.17) is 10.0 Å². The van der Waals surface area contributed by atoms with E-state index in [9.17, 15) is 26.3 Å². The van der Waals surface area contributed by atoms with E-state index in [2.05, 4.69) is 0 Å².